The van der Waals surface area contributed by atoms with E-state index < -0.39 is 10.0 Å². The Morgan fingerprint density at radius 3 is 2.78 bits per heavy atom. The first-order valence-electron chi connectivity index (χ1n) is 6.16. The highest BCUT2D eigenvalue weighted by Gasteiger charge is 2.29. The molecule has 0 radical (unpaired) electrons. The predicted octanol–water partition coefficient (Wildman–Crippen LogP) is 2.18. The molecule has 2 rings (SSSR count). The van der Waals surface area contributed by atoms with Crippen molar-refractivity contribution >= 4 is 21.6 Å². The van der Waals surface area contributed by atoms with Crippen LogP contribution < -0.4 is 0 Å². The number of aromatic nitrogens is 1. The maximum absolute atomic E-state index is 12.5. The third-order valence-electron chi connectivity index (χ3n) is 3.48. The molecule has 18 heavy (non-hydrogen) atoms. The van der Waals surface area contributed by atoms with Crippen LogP contribution in [-0.4, -0.2) is 30.4 Å². The number of alkyl halides is 1. The summed E-state index contributed by atoms with van der Waals surface area (Å²) in [5.74, 6) is 0.757. The van der Waals surface area contributed by atoms with Gasteiger partial charge in [0.25, 0.3) is 0 Å². The summed E-state index contributed by atoms with van der Waals surface area (Å²) in [7, 11) is -1.54. The third kappa shape index (κ3) is 2.58. The Morgan fingerprint density at radius 1 is 1.50 bits per heavy atom. The molecule has 1 fully saturated rings. The third-order valence-corrected chi connectivity index (χ3v) is 5.58. The molecular weight excluding hydrogens is 272 g/mol. The molecule has 1 aromatic rings. The number of piperidine rings is 1. The predicted molar refractivity (Wildman–Crippen MR) is 72.1 cm³/mol. The van der Waals surface area contributed by atoms with Crippen molar-refractivity contribution in [1.82, 2.24) is 8.87 Å². The van der Waals surface area contributed by atoms with Crippen molar-refractivity contribution < 1.29 is 8.42 Å². The molecule has 0 aliphatic carbocycles. The highest BCUT2D eigenvalue weighted by Crippen LogP contribution is 2.24. The van der Waals surface area contributed by atoms with Gasteiger partial charge in [-0.2, -0.15) is 4.31 Å². The maximum Gasteiger partial charge on any atom is 0.244 e. The molecular formula is C12H19ClN2O2S. The van der Waals surface area contributed by atoms with Gasteiger partial charge >= 0.3 is 0 Å². The van der Waals surface area contributed by atoms with E-state index in [2.05, 4.69) is 6.92 Å². The minimum absolute atomic E-state index is 0.322. The average Bonchev–Trinajstić information content (AvgIpc) is 2.71. The van der Waals surface area contributed by atoms with Gasteiger partial charge < -0.3 is 4.57 Å². The lowest BCUT2D eigenvalue weighted by Gasteiger charge is -2.29. The second kappa shape index (κ2) is 5.23. The zero-order chi connectivity index (χ0) is 13.3. The van der Waals surface area contributed by atoms with Crippen molar-refractivity contribution in [3.05, 3.63) is 18.0 Å². The van der Waals surface area contributed by atoms with Crippen LogP contribution in [0.25, 0.3) is 0 Å². The van der Waals surface area contributed by atoms with Crippen LogP contribution in [0.3, 0.4) is 0 Å². The van der Waals surface area contributed by atoms with Crippen LogP contribution in [-0.2, 0) is 23.0 Å². The summed E-state index contributed by atoms with van der Waals surface area (Å²) in [6.45, 7) is 3.34. The quantitative estimate of drug-likeness (QED) is 0.801. The van der Waals surface area contributed by atoms with Crippen molar-refractivity contribution in [2.75, 3.05) is 13.1 Å². The number of aryl methyl sites for hydroxylation is 1. The van der Waals surface area contributed by atoms with Crippen molar-refractivity contribution in [3.8, 4) is 0 Å². The Hall–Kier alpha value is -0.520. The fourth-order valence-corrected chi connectivity index (χ4v) is 4.32. The first-order chi connectivity index (χ1) is 8.45. The molecule has 0 bridgehead atoms. The fraction of sp³-hybridized carbons (Fsp3) is 0.667. The van der Waals surface area contributed by atoms with Crippen molar-refractivity contribution in [1.29, 1.82) is 0 Å². The molecule has 0 spiro atoms. The maximum atomic E-state index is 12.5. The van der Waals surface area contributed by atoms with Crippen molar-refractivity contribution in [2.24, 2.45) is 13.0 Å². The smallest absolute Gasteiger partial charge is 0.244 e. The van der Waals surface area contributed by atoms with Crippen LogP contribution in [0.15, 0.2) is 17.2 Å². The summed E-state index contributed by atoms with van der Waals surface area (Å²) in [6.07, 6.45) is 3.69. The summed E-state index contributed by atoms with van der Waals surface area (Å²) < 4.78 is 28.3. The standard InChI is InChI=1S/C12H19ClN2O2S/c1-10-4-3-5-15(8-10)18(16,17)12-6-11(7-13)14(2)9-12/h6,9-10H,3-5,7-8H2,1-2H3. The van der Waals surface area contributed by atoms with E-state index >= 15 is 0 Å². The zero-order valence-electron chi connectivity index (χ0n) is 10.8. The van der Waals surface area contributed by atoms with E-state index in [4.69, 9.17) is 11.6 Å². The van der Waals surface area contributed by atoms with Crippen molar-refractivity contribution in [2.45, 2.75) is 30.5 Å². The second-order valence-electron chi connectivity index (χ2n) is 5.02. The average molecular weight is 291 g/mol. The van der Waals surface area contributed by atoms with E-state index in [0.29, 0.717) is 29.8 Å². The van der Waals surface area contributed by atoms with Crippen LogP contribution in [0.4, 0.5) is 0 Å². The molecule has 2 heterocycles. The van der Waals surface area contributed by atoms with Gasteiger partial charge in [0.15, 0.2) is 0 Å². The van der Waals surface area contributed by atoms with Gasteiger partial charge in [-0.1, -0.05) is 6.92 Å². The molecule has 1 aliphatic heterocycles. The Kier molecular flexibility index (Phi) is 4.04. The molecule has 6 heteroatoms. The van der Waals surface area contributed by atoms with Gasteiger partial charge in [-0.15, -0.1) is 11.6 Å². The first kappa shape index (κ1) is 13.9. The molecule has 4 nitrogen and oxygen atoms in total. The molecule has 0 N–H and O–H groups in total. The molecule has 0 amide bonds. The Labute approximate surface area is 114 Å². The minimum atomic E-state index is -3.35. The van der Waals surface area contributed by atoms with E-state index in [9.17, 15) is 8.42 Å². The molecule has 1 saturated heterocycles. The molecule has 0 saturated carbocycles. The fourth-order valence-electron chi connectivity index (χ4n) is 2.36. The van der Waals surface area contributed by atoms with E-state index in [1.54, 1.807) is 21.1 Å². The molecule has 1 unspecified atom stereocenters. The van der Waals surface area contributed by atoms with E-state index in [1.165, 1.54) is 0 Å². The van der Waals surface area contributed by atoms with E-state index in [-0.39, 0.29) is 0 Å². The normalized spacial score (nSPS) is 22.3. The van der Waals surface area contributed by atoms with Crippen LogP contribution in [0.5, 0.6) is 0 Å². The number of sulfonamides is 1. The number of hydrogen-bond donors (Lipinski definition) is 0. The van der Waals surface area contributed by atoms with Crippen LogP contribution in [0, 0.1) is 5.92 Å². The summed E-state index contributed by atoms with van der Waals surface area (Å²) in [4.78, 5) is 0.356. The Bertz CT molecular complexity index is 524. The molecule has 1 aliphatic rings. The lowest BCUT2D eigenvalue weighted by molar-refractivity contribution is 0.281. The van der Waals surface area contributed by atoms with E-state index in [1.807, 2.05) is 7.05 Å². The lowest BCUT2D eigenvalue weighted by atomic mass is 10.0. The molecule has 1 atom stereocenters. The highest BCUT2D eigenvalue weighted by molar-refractivity contribution is 7.89. The zero-order valence-corrected chi connectivity index (χ0v) is 12.3. The van der Waals surface area contributed by atoms with Gasteiger partial charge in [0, 0.05) is 32.0 Å². The Balaban J connectivity index is 2.29. The van der Waals surface area contributed by atoms with Crippen LogP contribution in [0.1, 0.15) is 25.5 Å². The highest BCUT2D eigenvalue weighted by atomic mass is 35.5. The summed E-state index contributed by atoms with van der Waals surface area (Å²) >= 11 is 5.78. The molecule has 102 valence electrons. The topological polar surface area (TPSA) is 42.3 Å². The van der Waals surface area contributed by atoms with Crippen molar-refractivity contribution in [3.63, 3.8) is 0 Å². The monoisotopic (exact) mass is 290 g/mol. The van der Waals surface area contributed by atoms with Gasteiger partial charge in [0.05, 0.1) is 5.88 Å². The van der Waals surface area contributed by atoms with Gasteiger partial charge in [0.1, 0.15) is 4.90 Å². The van der Waals surface area contributed by atoms with Gasteiger partial charge in [-0.05, 0) is 24.8 Å². The molecule has 0 aromatic carbocycles. The summed E-state index contributed by atoms with van der Waals surface area (Å²) in [5.41, 5.74) is 0.820. The Morgan fingerprint density at radius 2 is 2.22 bits per heavy atom. The van der Waals surface area contributed by atoms with Gasteiger partial charge in [-0.25, -0.2) is 8.42 Å². The molecule has 1 aromatic heterocycles. The largest absolute Gasteiger partial charge is 0.352 e. The number of rotatable bonds is 3. The number of halogens is 1. The number of nitrogens with zero attached hydrogens (tertiary/aromatic N) is 2. The number of hydrogen-bond acceptors (Lipinski definition) is 2. The summed E-state index contributed by atoms with van der Waals surface area (Å²) in [6, 6.07) is 1.67. The SMILES string of the molecule is CC1CCCN(S(=O)(=O)c2cc(CCl)n(C)c2)C1. The minimum Gasteiger partial charge on any atom is -0.352 e. The van der Waals surface area contributed by atoms with Gasteiger partial charge in [0.2, 0.25) is 10.0 Å². The second-order valence-corrected chi connectivity index (χ2v) is 7.23. The van der Waals surface area contributed by atoms with E-state index in [0.717, 1.165) is 18.5 Å². The first-order valence-corrected chi connectivity index (χ1v) is 8.14. The van der Waals surface area contributed by atoms with Crippen LogP contribution >= 0.6 is 11.6 Å². The lowest BCUT2D eigenvalue weighted by Crippen LogP contribution is -2.38. The van der Waals surface area contributed by atoms with Crippen LogP contribution in [0.2, 0.25) is 0 Å². The summed E-state index contributed by atoms with van der Waals surface area (Å²) in [5, 5.41) is 0. The van der Waals surface area contributed by atoms with Gasteiger partial charge in [-0.3, -0.25) is 0 Å².